The lowest BCUT2D eigenvalue weighted by atomic mass is 9.91. The maximum absolute atomic E-state index is 12.4. The van der Waals surface area contributed by atoms with E-state index in [-0.39, 0.29) is 24.2 Å². The number of likely N-dealkylation sites (tertiary alicyclic amines) is 1. The van der Waals surface area contributed by atoms with Gasteiger partial charge in [-0.15, -0.1) is 12.4 Å². The highest BCUT2D eigenvalue weighted by atomic mass is 35.5. The van der Waals surface area contributed by atoms with Gasteiger partial charge in [-0.1, -0.05) is 29.8 Å². The first-order chi connectivity index (χ1) is 12.1. The Morgan fingerprint density at radius 3 is 2.69 bits per heavy atom. The summed E-state index contributed by atoms with van der Waals surface area (Å²) < 4.78 is 0. The number of halogens is 2. The standard InChI is InChI=1S/C20H30ClN3O.ClH/c1-15-12-17(6-9-22-15)20(25)23-13-16-7-10-24(11-8-16)14-18-4-2-3-5-19(18)21;/h2-5,15-17,22H,6-14H2,1H3,(H,23,25);1H/t15-,17-;/m0./s1. The molecule has 0 spiro atoms. The molecule has 0 radical (unpaired) electrons. The smallest absolute Gasteiger partial charge is 0.223 e. The minimum Gasteiger partial charge on any atom is -0.356 e. The molecule has 3 rings (SSSR count). The van der Waals surface area contributed by atoms with Crippen LogP contribution in [0.1, 0.15) is 38.2 Å². The van der Waals surface area contributed by atoms with Gasteiger partial charge in [-0.3, -0.25) is 9.69 Å². The minimum atomic E-state index is 0. The third kappa shape index (κ3) is 6.12. The van der Waals surface area contributed by atoms with Crippen LogP contribution < -0.4 is 10.6 Å². The Kier molecular flexibility index (Phi) is 8.68. The molecule has 0 bridgehead atoms. The van der Waals surface area contributed by atoms with Gasteiger partial charge in [-0.2, -0.15) is 0 Å². The summed E-state index contributed by atoms with van der Waals surface area (Å²) in [7, 11) is 0. The average molecular weight is 400 g/mol. The normalized spacial score (nSPS) is 24.7. The number of hydrogen-bond acceptors (Lipinski definition) is 3. The lowest BCUT2D eigenvalue weighted by Gasteiger charge is -2.33. The van der Waals surface area contributed by atoms with Gasteiger partial charge in [-0.05, 0) is 69.8 Å². The van der Waals surface area contributed by atoms with E-state index in [2.05, 4.69) is 28.5 Å². The quantitative estimate of drug-likeness (QED) is 0.796. The molecule has 0 aromatic heterocycles. The van der Waals surface area contributed by atoms with E-state index in [4.69, 9.17) is 11.6 Å². The minimum absolute atomic E-state index is 0. The second kappa shape index (κ2) is 10.5. The average Bonchev–Trinajstić information content (AvgIpc) is 2.63. The van der Waals surface area contributed by atoms with Crippen LogP contribution in [0, 0.1) is 11.8 Å². The number of benzene rings is 1. The molecule has 2 fully saturated rings. The number of carbonyl (C=O) groups is 1. The monoisotopic (exact) mass is 399 g/mol. The summed E-state index contributed by atoms with van der Waals surface area (Å²) in [6.45, 7) is 7.03. The highest BCUT2D eigenvalue weighted by molar-refractivity contribution is 6.31. The molecule has 146 valence electrons. The molecular weight excluding hydrogens is 369 g/mol. The number of amides is 1. The summed E-state index contributed by atoms with van der Waals surface area (Å²) in [5.41, 5.74) is 1.20. The van der Waals surface area contributed by atoms with Gasteiger partial charge >= 0.3 is 0 Å². The molecule has 1 amide bonds. The predicted octanol–water partition coefficient (Wildman–Crippen LogP) is 3.48. The van der Waals surface area contributed by atoms with Crippen LogP contribution in [-0.4, -0.2) is 43.0 Å². The van der Waals surface area contributed by atoms with Crippen LogP contribution in [0.25, 0.3) is 0 Å². The number of hydrogen-bond donors (Lipinski definition) is 2. The Labute approximate surface area is 168 Å². The first-order valence-electron chi connectivity index (χ1n) is 9.58. The van der Waals surface area contributed by atoms with Crippen LogP contribution in [0.2, 0.25) is 5.02 Å². The molecule has 4 nitrogen and oxygen atoms in total. The van der Waals surface area contributed by atoms with Crippen molar-refractivity contribution in [1.82, 2.24) is 15.5 Å². The Morgan fingerprint density at radius 2 is 2.00 bits per heavy atom. The maximum Gasteiger partial charge on any atom is 0.223 e. The molecule has 0 aliphatic carbocycles. The summed E-state index contributed by atoms with van der Waals surface area (Å²) >= 11 is 6.26. The molecule has 2 saturated heterocycles. The van der Waals surface area contributed by atoms with Crippen LogP contribution in [0.4, 0.5) is 0 Å². The number of nitrogens with one attached hydrogen (secondary N) is 2. The third-order valence-electron chi connectivity index (χ3n) is 5.62. The van der Waals surface area contributed by atoms with Gasteiger partial charge in [0.05, 0.1) is 0 Å². The van der Waals surface area contributed by atoms with Crippen LogP contribution in [0.15, 0.2) is 24.3 Å². The van der Waals surface area contributed by atoms with Crippen molar-refractivity contribution in [2.75, 3.05) is 26.2 Å². The zero-order valence-corrected chi connectivity index (χ0v) is 17.1. The largest absolute Gasteiger partial charge is 0.356 e. The molecule has 6 heteroatoms. The number of nitrogens with zero attached hydrogens (tertiary/aromatic N) is 1. The molecule has 1 aromatic carbocycles. The van der Waals surface area contributed by atoms with E-state index in [1.807, 2.05) is 18.2 Å². The fourth-order valence-electron chi connectivity index (χ4n) is 3.98. The van der Waals surface area contributed by atoms with Crippen molar-refractivity contribution in [2.24, 2.45) is 11.8 Å². The van der Waals surface area contributed by atoms with Crippen molar-refractivity contribution in [3.63, 3.8) is 0 Å². The zero-order valence-electron chi connectivity index (χ0n) is 15.5. The summed E-state index contributed by atoms with van der Waals surface area (Å²) in [5.74, 6) is 1.05. The van der Waals surface area contributed by atoms with Gasteiger partial charge < -0.3 is 10.6 Å². The molecule has 2 aliphatic rings. The molecule has 0 saturated carbocycles. The molecule has 2 heterocycles. The Morgan fingerprint density at radius 1 is 1.27 bits per heavy atom. The first kappa shape index (κ1) is 21.5. The molecule has 26 heavy (non-hydrogen) atoms. The van der Waals surface area contributed by atoms with Crippen LogP contribution in [-0.2, 0) is 11.3 Å². The van der Waals surface area contributed by atoms with Crippen molar-refractivity contribution < 1.29 is 4.79 Å². The van der Waals surface area contributed by atoms with E-state index in [0.717, 1.165) is 63.4 Å². The topological polar surface area (TPSA) is 44.4 Å². The van der Waals surface area contributed by atoms with Gasteiger partial charge in [0, 0.05) is 30.1 Å². The predicted molar refractivity (Wildman–Crippen MR) is 110 cm³/mol. The second-order valence-corrected chi connectivity index (χ2v) is 8.04. The summed E-state index contributed by atoms with van der Waals surface area (Å²) in [6, 6.07) is 8.54. The van der Waals surface area contributed by atoms with Crippen LogP contribution in [0.5, 0.6) is 0 Å². The Bertz CT molecular complexity index is 576. The van der Waals surface area contributed by atoms with Gasteiger partial charge in [0.1, 0.15) is 0 Å². The van der Waals surface area contributed by atoms with E-state index in [1.54, 1.807) is 0 Å². The molecule has 2 atom stereocenters. The second-order valence-electron chi connectivity index (χ2n) is 7.63. The van der Waals surface area contributed by atoms with E-state index in [1.165, 1.54) is 5.56 Å². The highest BCUT2D eigenvalue weighted by Crippen LogP contribution is 2.22. The summed E-state index contributed by atoms with van der Waals surface area (Å²) in [6.07, 6.45) is 4.22. The first-order valence-corrected chi connectivity index (χ1v) is 9.96. The number of rotatable bonds is 5. The Hall–Kier alpha value is -0.810. The SMILES string of the molecule is C[C@H]1C[C@@H](C(=O)NCC2CCN(Cc3ccccc3Cl)CC2)CCN1.Cl. The summed E-state index contributed by atoms with van der Waals surface area (Å²) in [5, 5.41) is 7.47. The van der Waals surface area contributed by atoms with Gasteiger partial charge in [0.25, 0.3) is 0 Å². The zero-order chi connectivity index (χ0) is 17.6. The fourth-order valence-corrected chi connectivity index (χ4v) is 4.17. The van der Waals surface area contributed by atoms with Crippen molar-refractivity contribution in [2.45, 2.75) is 45.2 Å². The molecular formula is C20H31Cl2N3O. The van der Waals surface area contributed by atoms with Gasteiger partial charge in [0.2, 0.25) is 5.91 Å². The molecule has 2 aliphatic heterocycles. The third-order valence-corrected chi connectivity index (χ3v) is 5.99. The fraction of sp³-hybridized carbons (Fsp3) is 0.650. The Balaban J connectivity index is 0.00000243. The van der Waals surface area contributed by atoms with E-state index in [0.29, 0.717) is 12.0 Å². The maximum atomic E-state index is 12.4. The van der Waals surface area contributed by atoms with Crippen molar-refractivity contribution >= 4 is 29.9 Å². The van der Waals surface area contributed by atoms with Gasteiger partial charge in [-0.25, -0.2) is 0 Å². The lowest BCUT2D eigenvalue weighted by molar-refractivity contribution is -0.126. The van der Waals surface area contributed by atoms with E-state index < -0.39 is 0 Å². The van der Waals surface area contributed by atoms with Crippen molar-refractivity contribution in [3.8, 4) is 0 Å². The van der Waals surface area contributed by atoms with E-state index >= 15 is 0 Å². The summed E-state index contributed by atoms with van der Waals surface area (Å²) in [4.78, 5) is 14.8. The van der Waals surface area contributed by atoms with E-state index in [9.17, 15) is 4.79 Å². The van der Waals surface area contributed by atoms with Gasteiger partial charge in [0.15, 0.2) is 0 Å². The highest BCUT2D eigenvalue weighted by Gasteiger charge is 2.26. The van der Waals surface area contributed by atoms with Crippen molar-refractivity contribution in [1.29, 1.82) is 0 Å². The van der Waals surface area contributed by atoms with Crippen LogP contribution in [0.3, 0.4) is 0 Å². The number of piperidine rings is 2. The number of carbonyl (C=O) groups excluding carboxylic acids is 1. The molecule has 1 aromatic rings. The molecule has 2 N–H and O–H groups in total. The lowest BCUT2D eigenvalue weighted by Crippen LogP contribution is -2.44. The van der Waals surface area contributed by atoms with Crippen LogP contribution >= 0.6 is 24.0 Å². The van der Waals surface area contributed by atoms with Crippen molar-refractivity contribution in [3.05, 3.63) is 34.9 Å². The molecule has 0 unspecified atom stereocenters.